The van der Waals surface area contributed by atoms with Gasteiger partial charge in [0, 0.05) is 39.3 Å². The highest BCUT2D eigenvalue weighted by Gasteiger charge is 2.35. The summed E-state index contributed by atoms with van der Waals surface area (Å²) in [6, 6.07) is 5.25. The Morgan fingerprint density at radius 2 is 2.10 bits per heavy atom. The second kappa shape index (κ2) is 5.38. The fourth-order valence-electron chi connectivity index (χ4n) is 3.00. The number of amides is 2. The summed E-state index contributed by atoms with van der Waals surface area (Å²) >= 11 is 0. The third-order valence-corrected chi connectivity index (χ3v) is 3.98. The lowest BCUT2D eigenvalue weighted by Crippen LogP contribution is -2.51. The predicted octanol–water partition coefficient (Wildman–Crippen LogP) is 0.494. The number of nitrogens with zero attached hydrogens (tertiary/aromatic N) is 2. The van der Waals surface area contributed by atoms with Gasteiger partial charge in [0.05, 0.1) is 6.04 Å². The van der Waals surface area contributed by atoms with E-state index in [1.165, 1.54) is 6.07 Å². The van der Waals surface area contributed by atoms with Gasteiger partial charge in [0.2, 0.25) is 0 Å². The normalized spacial score (nSPS) is 22.8. The number of carbonyl (C=O) groups excluding carboxylic acids is 1. The number of fused-ring (bicyclic) bond motifs is 1. The van der Waals surface area contributed by atoms with Gasteiger partial charge in [0.25, 0.3) is 0 Å². The lowest BCUT2D eigenvalue weighted by Gasteiger charge is -2.36. The number of hydrogen-bond donors (Lipinski definition) is 2. The monoisotopic (exact) mass is 278 g/mol. The van der Waals surface area contributed by atoms with Crippen LogP contribution in [0.5, 0.6) is 0 Å². The van der Waals surface area contributed by atoms with Crippen LogP contribution >= 0.6 is 0 Å². The van der Waals surface area contributed by atoms with E-state index in [0.717, 1.165) is 30.8 Å². The molecule has 1 unspecified atom stereocenters. The Balaban J connectivity index is 1.67. The molecule has 2 heterocycles. The van der Waals surface area contributed by atoms with E-state index in [1.54, 1.807) is 6.07 Å². The van der Waals surface area contributed by atoms with E-state index in [9.17, 15) is 9.18 Å². The van der Waals surface area contributed by atoms with Gasteiger partial charge in [-0.25, -0.2) is 9.18 Å². The smallest absolute Gasteiger partial charge is 0.317 e. The first-order valence-electron chi connectivity index (χ1n) is 6.91. The number of benzene rings is 1. The van der Waals surface area contributed by atoms with Crippen LogP contribution in [0, 0.1) is 5.82 Å². The number of halogens is 1. The van der Waals surface area contributed by atoms with E-state index in [1.807, 2.05) is 11.0 Å². The Labute approximate surface area is 117 Å². The van der Waals surface area contributed by atoms with E-state index in [2.05, 4.69) is 10.2 Å². The van der Waals surface area contributed by atoms with Crippen molar-refractivity contribution in [2.45, 2.75) is 19.1 Å². The maximum atomic E-state index is 13.5. The molecule has 108 valence electrons. The van der Waals surface area contributed by atoms with Crippen molar-refractivity contribution in [3.05, 3.63) is 35.1 Å². The van der Waals surface area contributed by atoms with Crippen molar-refractivity contribution in [1.29, 1.82) is 0 Å². The zero-order chi connectivity index (χ0) is 14.1. The summed E-state index contributed by atoms with van der Waals surface area (Å²) in [5.74, 6) is -0.237. The van der Waals surface area contributed by atoms with Gasteiger partial charge < -0.3 is 16.0 Å². The zero-order valence-corrected chi connectivity index (χ0v) is 11.3. The number of carbonyl (C=O) groups is 1. The SMILES string of the molecule is NCc1cc(F)cc(CN2CCN3C(=O)NCC3C2)c1. The average Bonchev–Trinajstić information content (AvgIpc) is 2.79. The highest BCUT2D eigenvalue weighted by atomic mass is 19.1. The molecule has 2 saturated heterocycles. The molecule has 0 spiro atoms. The Kier molecular flexibility index (Phi) is 3.58. The van der Waals surface area contributed by atoms with Crippen molar-refractivity contribution < 1.29 is 9.18 Å². The molecule has 1 aromatic carbocycles. The predicted molar refractivity (Wildman–Crippen MR) is 73.5 cm³/mol. The second-order valence-electron chi connectivity index (χ2n) is 5.44. The molecule has 2 aliphatic rings. The molecule has 2 aliphatic heterocycles. The van der Waals surface area contributed by atoms with Crippen LogP contribution in [0.2, 0.25) is 0 Å². The minimum absolute atomic E-state index is 0.0332. The summed E-state index contributed by atoms with van der Waals surface area (Å²) in [7, 11) is 0. The fourth-order valence-corrected chi connectivity index (χ4v) is 3.00. The summed E-state index contributed by atoms with van der Waals surface area (Å²) in [6.45, 7) is 4.12. The van der Waals surface area contributed by atoms with Crippen molar-refractivity contribution in [2.75, 3.05) is 26.2 Å². The third-order valence-electron chi connectivity index (χ3n) is 3.98. The van der Waals surface area contributed by atoms with Crippen molar-refractivity contribution in [1.82, 2.24) is 15.1 Å². The molecule has 2 fully saturated rings. The number of hydrogen-bond acceptors (Lipinski definition) is 3. The van der Waals surface area contributed by atoms with Crippen molar-refractivity contribution >= 4 is 6.03 Å². The topological polar surface area (TPSA) is 61.6 Å². The summed E-state index contributed by atoms with van der Waals surface area (Å²) in [4.78, 5) is 15.7. The van der Waals surface area contributed by atoms with Crippen molar-refractivity contribution in [2.24, 2.45) is 5.73 Å². The molecule has 6 heteroatoms. The van der Waals surface area contributed by atoms with E-state index < -0.39 is 0 Å². The molecule has 0 aromatic heterocycles. The molecule has 2 amide bonds. The third kappa shape index (κ3) is 2.62. The Morgan fingerprint density at radius 1 is 1.30 bits per heavy atom. The first-order valence-corrected chi connectivity index (χ1v) is 6.91. The van der Waals surface area contributed by atoms with Crippen LogP contribution in [-0.4, -0.2) is 48.1 Å². The Hall–Kier alpha value is -1.66. The molecule has 0 radical (unpaired) electrons. The van der Waals surface area contributed by atoms with Crippen LogP contribution in [0.25, 0.3) is 0 Å². The Bertz CT molecular complexity index is 522. The summed E-state index contributed by atoms with van der Waals surface area (Å²) in [5.41, 5.74) is 7.33. The quantitative estimate of drug-likeness (QED) is 0.846. The largest absolute Gasteiger partial charge is 0.336 e. The van der Waals surface area contributed by atoms with Crippen LogP contribution < -0.4 is 11.1 Å². The number of nitrogens with two attached hydrogens (primary N) is 1. The standard InChI is InChI=1S/C14H19FN4O/c15-12-4-10(6-16)3-11(5-12)8-18-1-2-19-13(9-18)7-17-14(19)20/h3-5,13H,1-2,6-9,16H2,(H,17,20). The lowest BCUT2D eigenvalue weighted by atomic mass is 10.1. The summed E-state index contributed by atoms with van der Waals surface area (Å²) in [6.07, 6.45) is 0. The Morgan fingerprint density at radius 3 is 2.90 bits per heavy atom. The van der Waals surface area contributed by atoms with Crippen LogP contribution in [0.4, 0.5) is 9.18 Å². The van der Waals surface area contributed by atoms with Crippen LogP contribution in [0.3, 0.4) is 0 Å². The van der Waals surface area contributed by atoms with Crippen LogP contribution in [0.15, 0.2) is 18.2 Å². The van der Waals surface area contributed by atoms with E-state index in [-0.39, 0.29) is 17.9 Å². The van der Waals surface area contributed by atoms with E-state index >= 15 is 0 Å². The highest BCUT2D eigenvalue weighted by molar-refractivity contribution is 5.77. The summed E-state index contributed by atoms with van der Waals surface area (Å²) in [5, 5.41) is 2.86. The minimum atomic E-state index is -0.237. The van der Waals surface area contributed by atoms with E-state index in [4.69, 9.17) is 5.73 Å². The van der Waals surface area contributed by atoms with Gasteiger partial charge in [-0.1, -0.05) is 6.07 Å². The first kappa shape index (κ1) is 13.3. The minimum Gasteiger partial charge on any atom is -0.336 e. The second-order valence-corrected chi connectivity index (χ2v) is 5.44. The van der Waals surface area contributed by atoms with Crippen molar-refractivity contribution in [3.63, 3.8) is 0 Å². The van der Waals surface area contributed by atoms with Gasteiger partial charge in [-0.2, -0.15) is 0 Å². The van der Waals surface area contributed by atoms with Gasteiger partial charge in [0.15, 0.2) is 0 Å². The molecule has 1 atom stereocenters. The highest BCUT2D eigenvalue weighted by Crippen LogP contribution is 2.17. The molecule has 3 rings (SSSR count). The molecular weight excluding hydrogens is 259 g/mol. The van der Waals surface area contributed by atoms with Gasteiger partial charge in [0.1, 0.15) is 5.82 Å². The van der Waals surface area contributed by atoms with Crippen molar-refractivity contribution in [3.8, 4) is 0 Å². The van der Waals surface area contributed by atoms with Crippen LogP contribution in [0.1, 0.15) is 11.1 Å². The zero-order valence-electron chi connectivity index (χ0n) is 11.3. The lowest BCUT2D eigenvalue weighted by molar-refractivity contribution is 0.116. The number of urea groups is 1. The molecule has 1 aromatic rings. The molecule has 0 bridgehead atoms. The van der Waals surface area contributed by atoms with Gasteiger partial charge in [-0.05, 0) is 23.3 Å². The maximum Gasteiger partial charge on any atom is 0.317 e. The number of rotatable bonds is 3. The fraction of sp³-hybridized carbons (Fsp3) is 0.500. The number of nitrogens with one attached hydrogen (secondary N) is 1. The first-order chi connectivity index (χ1) is 9.65. The van der Waals surface area contributed by atoms with Crippen LogP contribution in [-0.2, 0) is 13.1 Å². The number of piperazine rings is 1. The molecule has 20 heavy (non-hydrogen) atoms. The maximum absolute atomic E-state index is 13.5. The average molecular weight is 278 g/mol. The van der Waals surface area contributed by atoms with Gasteiger partial charge in [-0.15, -0.1) is 0 Å². The molecule has 3 N–H and O–H groups in total. The molecule has 0 saturated carbocycles. The molecule has 0 aliphatic carbocycles. The molecule has 5 nitrogen and oxygen atoms in total. The molecular formula is C14H19FN4O. The van der Waals surface area contributed by atoms with Gasteiger partial charge >= 0.3 is 6.03 Å². The summed E-state index contributed by atoms with van der Waals surface area (Å²) < 4.78 is 13.5. The van der Waals surface area contributed by atoms with E-state index in [0.29, 0.717) is 19.6 Å². The van der Waals surface area contributed by atoms with Gasteiger partial charge in [-0.3, -0.25) is 4.90 Å².